The Morgan fingerprint density at radius 1 is 1.23 bits per heavy atom. The number of rotatable bonds is 2. The van der Waals surface area contributed by atoms with Crippen LogP contribution in [-0.4, -0.2) is 40.8 Å². The lowest BCUT2D eigenvalue weighted by atomic mass is 9.51. The molecule has 1 saturated carbocycles. The molecule has 2 aliphatic carbocycles. The van der Waals surface area contributed by atoms with Crippen molar-refractivity contribution in [2.45, 2.75) is 65.3 Å². The third-order valence-electron chi connectivity index (χ3n) is 6.17. The Hall–Kier alpha value is -2.15. The first-order valence-electron chi connectivity index (χ1n) is 8.75. The smallest absolute Gasteiger partial charge is 0.339 e. The lowest BCUT2D eigenvalue weighted by Gasteiger charge is -2.58. The maximum atomic E-state index is 12.1. The average Bonchev–Trinajstić information content (AvgIpc) is 2.79. The summed E-state index contributed by atoms with van der Waals surface area (Å²) in [7, 11) is 0. The van der Waals surface area contributed by atoms with E-state index in [1.54, 1.807) is 13.8 Å². The highest BCUT2D eigenvalue weighted by molar-refractivity contribution is 5.94. The van der Waals surface area contributed by atoms with Crippen LogP contribution in [0.1, 0.15) is 47.5 Å². The molecule has 0 amide bonds. The number of carbonyl (C=O) groups is 3. The fraction of sp³-hybridized carbons (Fsp3) is 0.632. The van der Waals surface area contributed by atoms with Gasteiger partial charge < -0.3 is 19.3 Å². The van der Waals surface area contributed by atoms with Crippen LogP contribution in [0.25, 0.3) is 0 Å². The van der Waals surface area contributed by atoms with Crippen LogP contribution in [0.3, 0.4) is 0 Å². The first-order chi connectivity index (χ1) is 12.0. The summed E-state index contributed by atoms with van der Waals surface area (Å²) in [5.41, 5.74) is -1.80. The standard InChI is InChI=1S/C19H24O7/c1-9-6-7-14(24-11(3)20)19(23)8-13-15(10(2)17(22)26-13)16(18(9,19)5)25-12(4)21/h8-9,14,16,23H,6-7H2,1-5H3/t9-,14-,16-,18-,19+/m0/s1. The van der Waals surface area contributed by atoms with E-state index in [0.717, 1.165) is 0 Å². The van der Waals surface area contributed by atoms with Crippen molar-refractivity contribution in [3.8, 4) is 0 Å². The monoisotopic (exact) mass is 364 g/mol. The van der Waals surface area contributed by atoms with Gasteiger partial charge in [-0.15, -0.1) is 0 Å². The van der Waals surface area contributed by atoms with Gasteiger partial charge >= 0.3 is 17.9 Å². The van der Waals surface area contributed by atoms with Crippen molar-refractivity contribution in [3.63, 3.8) is 0 Å². The second kappa shape index (κ2) is 5.94. The van der Waals surface area contributed by atoms with Gasteiger partial charge in [-0.1, -0.05) is 13.8 Å². The molecule has 26 heavy (non-hydrogen) atoms. The van der Waals surface area contributed by atoms with Gasteiger partial charge in [0.2, 0.25) is 0 Å². The number of hydrogen-bond acceptors (Lipinski definition) is 7. The highest BCUT2D eigenvalue weighted by Gasteiger charge is 2.67. The van der Waals surface area contributed by atoms with E-state index in [1.165, 1.54) is 19.9 Å². The molecule has 1 heterocycles. The molecule has 3 rings (SSSR count). The van der Waals surface area contributed by atoms with Gasteiger partial charge in [0.1, 0.15) is 23.6 Å². The van der Waals surface area contributed by atoms with E-state index in [4.69, 9.17) is 14.2 Å². The van der Waals surface area contributed by atoms with Crippen molar-refractivity contribution in [3.05, 3.63) is 23.0 Å². The minimum absolute atomic E-state index is 0.0718. The predicted octanol–water partition coefficient (Wildman–Crippen LogP) is 1.79. The topological polar surface area (TPSA) is 99.1 Å². The molecule has 1 fully saturated rings. The van der Waals surface area contributed by atoms with Gasteiger partial charge in [-0.05, 0) is 31.8 Å². The number of fused-ring (bicyclic) bond motifs is 2. The van der Waals surface area contributed by atoms with E-state index >= 15 is 0 Å². The number of ether oxygens (including phenoxy) is 3. The van der Waals surface area contributed by atoms with Crippen LogP contribution in [0, 0.1) is 11.3 Å². The zero-order valence-corrected chi connectivity index (χ0v) is 15.6. The molecule has 1 N–H and O–H groups in total. The molecule has 7 nitrogen and oxygen atoms in total. The number of carbonyl (C=O) groups excluding carboxylic acids is 3. The summed E-state index contributed by atoms with van der Waals surface area (Å²) in [6, 6.07) is 0. The molecule has 0 spiro atoms. The highest BCUT2D eigenvalue weighted by atomic mass is 16.6. The van der Waals surface area contributed by atoms with Crippen LogP contribution in [0.15, 0.2) is 23.0 Å². The summed E-state index contributed by atoms with van der Waals surface area (Å²) in [5, 5.41) is 11.7. The lowest BCUT2D eigenvalue weighted by molar-refractivity contribution is -0.224. The third-order valence-corrected chi connectivity index (χ3v) is 6.17. The second-order valence-electron chi connectivity index (χ2n) is 7.61. The molecule has 7 heteroatoms. The minimum atomic E-state index is -1.64. The summed E-state index contributed by atoms with van der Waals surface area (Å²) in [5.74, 6) is -1.47. The maximum absolute atomic E-state index is 12.1. The second-order valence-corrected chi connectivity index (χ2v) is 7.61. The van der Waals surface area contributed by atoms with Gasteiger partial charge in [0, 0.05) is 30.4 Å². The number of aliphatic hydroxyl groups is 1. The SMILES string of the molecule is CC(=O)O[C@H]1CC[C@H](C)[C@@]2(C)[C@@H](OC(C)=O)C3=C(C)C(=O)OC3=C[C@@]12O. The number of hydrogen-bond donors (Lipinski definition) is 1. The Kier molecular flexibility index (Phi) is 4.26. The van der Waals surface area contributed by atoms with Gasteiger partial charge in [0.15, 0.2) is 0 Å². The first kappa shape index (κ1) is 18.6. The summed E-state index contributed by atoms with van der Waals surface area (Å²) >= 11 is 0. The van der Waals surface area contributed by atoms with Crippen LogP contribution >= 0.6 is 0 Å². The minimum Gasteiger partial charge on any atom is -0.459 e. The molecule has 0 unspecified atom stereocenters. The maximum Gasteiger partial charge on any atom is 0.339 e. The van der Waals surface area contributed by atoms with Crippen LogP contribution in [0.2, 0.25) is 0 Å². The molecular formula is C19H24O7. The predicted molar refractivity (Wildman–Crippen MR) is 89.4 cm³/mol. The fourth-order valence-electron chi connectivity index (χ4n) is 4.54. The van der Waals surface area contributed by atoms with E-state index in [9.17, 15) is 19.5 Å². The fourth-order valence-corrected chi connectivity index (χ4v) is 4.54. The van der Waals surface area contributed by atoms with Crippen LogP contribution in [0.4, 0.5) is 0 Å². The third kappa shape index (κ3) is 2.40. The Balaban J connectivity index is 2.24. The molecule has 0 aromatic heterocycles. The zero-order chi connectivity index (χ0) is 19.4. The van der Waals surface area contributed by atoms with E-state index in [1.807, 2.05) is 6.92 Å². The molecule has 0 radical (unpaired) electrons. The largest absolute Gasteiger partial charge is 0.459 e. The molecule has 0 aromatic rings. The zero-order valence-electron chi connectivity index (χ0n) is 15.6. The van der Waals surface area contributed by atoms with Gasteiger partial charge in [-0.2, -0.15) is 0 Å². The number of esters is 3. The first-order valence-corrected chi connectivity index (χ1v) is 8.75. The van der Waals surface area contributed by atoms with Crippen molar-refractivity contribution in [1.82, 2.24) is 0 Å². The normalized spacial score (nSPS) is 38.8. The van der Waals surface area contributed by atoms with Crippen molar-refractivity contribution >= 4 is 17.9 Å². The van der Waals surface area contributed by atoms with Crippen molar-refractivity contribution in [2.75, 3.05) is 0 Å². The molecular weight excluding hydrogens is 340 g/mol. The van der Waals surface area contributed by atoms with Gasteiger partial charge in [-0.3, -0.25) is 9.59 Å². The van der Waals surface area contributed by atoms with Crippen LogP contribution in [-0.2, 0) is 28.6 Å². The molecule has 1 aliphatic heterocycles. The van der Waals surface area contributed by atoms with E-state index in [0.29, 0.717) is 24.0 Å². The van der Waals surface area contributed by atoms with Crippen molar-refractivity contribution in [2.24, 2.45) is 11.3 Å². The van der Waals surface area contributed by atoms with E-state index < -0.39 is 41.1 Å². The van der Waals surface area contributed by atoms with Crippen molar-refractivity contribution < 1.29 is 33.7 Å². The van der Waals surface area contributed by atoms with E-state index in [2.05, 4.69) is 0 Å². The lowest BCUT2D eigenvalue weighted by Crippen LogP contribution is -2.67. The van der Waals surface area contributed by atoms with Crippen LogP contribution in [0.5, 0.6) is 0 Å². The summed E-state index contributed by atoms with van der Waals surface area (Å²) in [4.78, 5) is 35.5. The molecule has 0 aromatic carbocycles. The molecule has 0 bridgehead atoms. The van der Waals surface area contributed by atoms with Crippen molar-refractivity contribution in [1.29, 1.82) is 0 Å². The van der Waals surface area contributed by atoms with Gasteiger partial charge in [0.25, 0.3) is 0 Å². The molecule has 3 aliphatic rings. The highest BCUT2D eigenvalue weighted by Crippen LogP contribution is 2.59. The van der Waals surface area contributed by atoms with Crippen LogP contribution < -0.4 is 0 Å². The Morgan fingerprint density at radius 2 is 1.85 bits per heavy atom. The Morgan fingerprint density at radius 3 is 2.42 bits per heavy atom. The summed E-state index contributed by atoms with van der Waals surface area (Å²) in [6.07, 6.45) is 0.867. The molecule has 0 saturated heterocycles. The molecule has 142 valence electrons. The Bertz CT molecular complexity index is 749. The van der Waals surface area contributed by atoms with Gasteiger partial charge in [0.05, 0.1) is 0 Å². The molecule has 5 atom stereocenters. The van der Waals surface area contributed by atoms with Gasteiger partial charge in [-0.25, -0.2) is 4.79 Å². The average molecular weight is 364 g/mol. The van der Waals surface area contributed by atoms with E-state index in [-0.39, 0.29) is 11.7 Å². The summed E-state index contributed by atoms with van der Waals surface area (Å²) < 4.78 is 16.3. The Labute approximate surface area is 152 Å². The quantitative estimate of drug-likeness (QED) is 0.589. The summed E-state index contributed by atoms with van der Waals surface area (Å²) in [6.45, 7) is 7.93.